The molecule has 0 radical (unpaired) electrons. The van der Waals surface area contributed by atoms with Crippen LogP contribution in [0.3, 0.4) is 0 Å². The summed E-state index contributed by atoms with van der Waals surface area (Å²) in [4.78, 5) is 0. The zero-order valence-corrected chi connectivity index (χ0v) is 5.64. The first-order chi connectivity index (χ1) is 4.45. The molecular formula is C9H12. The topological polar surface area (TPSA) is 0 Å². The molecule has 9 heavy (non-hydrogen) atoms. The summed E-state index contributed by atoms with van der Waals surface area (Å²) in [7, 11) is 0. The van der Waals surface area contributed by atoms with Gasteiger partial charge in [0, 0.05) is 0 Å². The third-order valence-corrected chi connectivity index (χ3v) is 3.53. The molecule has 0 heteroatoms. The summed E-state index contributed by atoms with van der Waals surface area (Å²) in [6, 6.07) is 0. The Morgan fingerprint density at radius 3 is 3.00 bits per heavy atom. The molecule has 3 aliphatic rings. The Kier molecular flexibility index (Phi) is 0.633. The predicted molar refractivity (Wildman–Crippen MR) is 37.0 cm³/mol. The van der Waals surface area contributed by atoms with Crippen molar-refractivity contribution >= 4 is 0 Å². The van der Waals surface area contributed by atoms with Gasteiger partial charge in [0.2, 0.25) is 0 Å². The minimum atomic E-state index is 1.10. The zero-order chi connectivity index (χ0) is 5.84. The van der Waals surface area contributed by atoms with Gasteiger partial charge in [0.05, 0.1) is 0 Å². The summed E-state index contributed by atoms with van der Waals surface area (Å²) < 4.78 is 0. The maximum atomic E-state index is 2.50. The Morgan fingerprint density at radius 1 is 1.22 bits per heavy atom. The molecule has 2 saturated carbocycles. The van der Waals surface area contributed by atoms with Crippen molar-refractivity contribution in [2.45, 2.75) is 25.7 Å². The van der Waals surface area contributed by atoms with E-state index in [2.05, 4.69) is 6.08 Å². The fraction of sp³-hybridized carbons (Fsp3) is 0.778. The lowest BCUT2D eigenvalue weighted by molar-refractivity contribution is 0.294. The highest BCUT2D eigenvalue weighted by Gasteiger charge is 2.47. The molecule has 0 heterocycles. The van der Waals surface area contributed by atoms with E-state index in [4.69, 9.17) is 0 Å². The average molecular weight is 120 g/mol. The van der Waals surface area contributed by atoms with E-state index in [-0.39, 0.29) is 0 Å². The standard InChI is InChI=1S/C9H12/c1-3-7-5-8-4-2-6(1)9(7)8/h3,6,8-9H,1-2,4-5H2. The normalized spacial score (nSPS) is 52.4. The van der Waals surface area contributed by atoms with Gasteiger partial charge in [-0.2, -0.15) is 0 Å². The fourth-order valence-electron chi connectivity index (χ4n) is 3.07. The summed E-state index contributed by atoms with van der Waals surface area (Å²) in [5.74, 6) is 3.35. The highest BCUT2D eigenvalue weighted by Crippen LogP contribution is 2.58. The SMILES string of the molecule is C1=C2CC3CCC(C1)C23. The number of hydrogen-bond acceptors (Lipinski definition) is 0. The van der Waals surface area contributed by atoms with Crippen molar-refractivity contribution in [1.29, 1.82) is 0 Å². The van der Waals surface area contributed by atoms with Crippen LogP contribution in [0, 0.1) is 17.8 Å². The average Bonchev–Trinajstić information content (AvgIpc) is 2.13. The molecule has 0 saturated heterocycles. The third kappa shape index (κ3) is 0.385. The Labute approximate surface area is 56.0 Å². The molecule has 0 aromatic carbocycles. The summed E-state index contributed by atoms with van der Waals surface area (Å²) in [5.41, 5.74) is 1.82. The van der Waals surface area contributed by atoms with Gasteiger partial charge in [0.15, 0.2) is 0 Å². The largest absolute Gasteiger partial charge is 0.0847 e. The molecule has 0 bridgehead atoms. The maximum absolute atomic E-state index is 2.50. The zero-order valence-electron chi connectivity index (χ0n) is 5.64. The van der Waals surface area contributed by atoms with Crippen LogP contribution in [-0.2, 0) is 0 Å². The highest BCUT2D eigenvalue weighted by molar-refractivity contribution is 5.27. The first-order valence-electron chi connectivity index (χ1n) is 4.14. The van der Waals surface area contributed by atoms with Crippen LogP contribution >= 0.6 is 0 Å². The van der Waals surface area contributed by atoms with Gasteiger partial charge in [0.1, 0.15) is 0 Å². The van der Waals surface area contributed by atoms with Crippen LogP contribution in [0.25, 0.3) is 0 Å². The highest BCUT2D eigenvalue weighted by atomic mass is 14.5. The lowest BCUT2D eigenvalue weighted by atomic mass is 9.72. The van der Waals surface area contributed by atoms with Crippen LogP contribution in [-0.4, -0.2) is 0 Å². The van der Waals surface area contributed by atoms with Gasteiger partial charge in [-0.15, -0.1) is 0 Å². The second-order valence-electron chi connectivity index (χ2n) is 3.84. The van der Waals surface area contributed by atoms with Crippen LogP contribution in [0.2, 0.25) is 0 Å². The summed E-state index contributed by atoms with van der Waals surface area (Å²) in [6.45, 7) is 0. The second kappa shape index (κ2) is 1.25. The monoisotopic (exact) mass is 120 g/mol. The molecule has 0 aliphatic heterocycles. The van der Waals surface area contributed by atoms with Gasteiger partial charge in [0.25, 0.3) is 0 Å². The first-order valence-corrected chi connectivity index (χ1v) is 4.14. The van der Waals surface area contributed by atoms with Crippen LogP contribution in [0.1, 0.15) is 25.7 Å². The Bertz CT molecular complexity index is 178. The molecule has 0 spiro atoms. The van der Waals surface area contributed by atoms with E-state index >= 15 is 0 Å². The molecule has 3 unspecified atom stereocenters. The van der Waals surface area contributed by atoms with Crippen LogP contribution in [0.4, 0.5) is 0 Å². The number of hydrogen-bond donors (Lipinski definition) is 0. The van der Waals surface area contributed by atoms with Gasteiger partial charge in [-0.3, -0.25) is 0 Å². The van der Waals surface area contributed by atoms with Gasteiger partial charge < -0.3 is 0 Å². The van der Waals surface area contributed by atoms with E-state index in [1.54, 1.807) is 6.42 Å². The van der Waals surface area contributed by atoms with Crippen LogP contribution < -0.4 is 0 Å². The molecule has 3 aliphatic carbocycles. The Morgan fingerprint density at radius 2 is 2.11 bits per heavy atom. The molecule has 3 rings (SSSR count). The summed E-state index contributed by atoms with van der Waals surface area (Å²) in [6.07, 6.45) is 8.49. The quantitative estimate of drug-likeness (QED) is 0.430. The lowest BCUT2D eigenvalue weighted by Crippen LogP contribution is -2.24. The smallest absolute Gasteiger partial charge is 0.0140 e. The molecule has 3 atom stereocenters. The fourth-order valence-corrected chi connectivity index (χ4v) is 3.07. The third-order valence-electron chi connectivity index (χ3n) is 3.53. The molecule has 48 valence electrons. The lowest BCUT2D eigenvalue weighted by Gasteiger charge is -2.33. The van der Waals surface area contributed by atoms with Crippen molar-refractivity contribution < 1.29 is 0 Å². The van der Waals surface area contributed by atoms with Crippen molar-refractivity contribution in [2.24, 2.45) is 17.8 Å². The first kappa shape index (κ1) is 4.54. The molecule has 0 nitrogen and oxygen atoms in total. The van der Waals surface area contributed by atoms with E-state index in [1.807, 2.05) is 5.57 Å². The van der Waals surface area contributed by atoms with Crippen molar-refractivity contribution in [1.82, 2.24) is 0 Å². The molecular weight excluding hydrogens is 108 g/mol. The van der Waals surface area contributed by atoms with Crippen LogP contribution in [0.15, 0.2) is 11.6 Å². The van der Waals surface area contributed by atoms with E-state index < -0.39 is 0 Å². The van der Waals surface area contributed by atoms with Crippen molar-refractivity contribution in [3.8, 4) is 0 Å². The van der Waals surface area contributed by atoms with Crippen molar-refractivity contribution in [2.75, 3.05) is 0 Å². The molecule has 0 aromatic rings. The van der Waals surface area contributed by atoms with Crippen molar-refractivity contribution in [3.63, 3.8) is 0 Å². The van der Waals surface area contributed by atoms with E-state index in [0.29, 0.717) is 0 Å². The van der Waals surface area contributed by atoms with Gasteiger partial charge in [-0.25, -0.2) is 0 Å². The second-order valence-corrected chi connectivity index (χ2v) is 3.84. The molecule has 2 fully saturated rings. The minimum absolute atomic E-state index is 1.10. The summed E-state index contributed by atoms with van der Waals surface area (Å²) >= 11 is 0. The van der Waals surface area contributed by atoms with E-state index in [0.717, 1.165) is 17.8 Å². The van der Waals surface area contributed by atoms with Crippen LogP contribution in [0.5, 0.6) is 0 Å². The summed E-state index contributed by atoms with van der Waals surface area (Å²) in [5, 5.41) is 0. The van der Waals surface area contributed by atoms with Gasteiger partial charge >= 0.3 is 0 Å². The Balaban J connectivity index is 2.04. The molecule has 0 N–H and O–H groups in total. The van der Waals surface area contributed by atoms with Crippen molar-refractivity contribution in [3.05, 3.63) is 11.6 Å². The molecule has 0 aromatic heterocycles. The number of rotatable bonds is 0. The number of allylic oxidation sites excluding steroid dienone is 2. The minimum Gasteiger partial charge on any atom is -0.0847 e. The van der Waals surface area contributed by atoms with E-state index in [1.165, 1.54) is 19.3 Å². The Hall–Kier alpha value is -0.260. The van der Waals surface area contributed by atoms with Gasteiger partial charge in [-0.1, -0.05) is 11.6 Å². The van der Waals surface area contributed by atoms with Gasteiger partial charge in [-0.05, 0) is 43.4 Å². The maximum Gasteiger partial charge on any atom is -0.0140 e. The molecule has 0 amide bonds. The van der Waals surface area contributed by atoms with E-state index in [9.17, 15) is 0 Å². The predicted octanol–water partition coefficient (Wildman–Crippen LogP) is 2.36.